The van der Waals surface area contributed by atoms with Gasteiger partial charge in [0.2, 0.25) is 0 Å². The standard InChI is InChI=1S/C14H22F2N4O2/c1-14(2)7-10(21)3-5-19(9-14)13(22)17-12-4-6-20(18-12)8-11(15)16/h4,6,10-11,21H,3,5,7-9H2,1-2H3,(H,17,18,22). The van der Waals surface area contributed by atoms with E-state index in [9.17, 15) is 18.7 Å². The quantitative estimate of drug-likeness (QED) is 0.898. The number of alkyl halides is 2. The summed E-state index contributed by atoms with van der Waals surface area (Å²) in [7, 11) is 0. The van der Waals surface area contributed by atoms with Gasteiger partial charge < -0.3 is 10.0 Å². The molecule has 2 heterocycles. The maximum atomic E-state index is 12.3. The fourth-order valence-electron chi connectivity index (χ4n) is 2.74. The highest BCUT2D eigenvalue weighted by molar-refractivity contribution is 5.88. The Hall–Kier alpha value is -1.70. The summed E-state index contributed by atoms with van der Waals surface area (Å²) in [5, 5.41) is 16.4. The van der Waals surface area contributed by atoms with Crippen LogP contribution in [0.5, 0.6) is 0 Å². The number of rotatable bonds is 3. The highest BCUT2D eigenvalue weighted by Crippen LogP contribution is 2.28. The molecule has 1 aliphatic rings. The summed E-state index contributed by atoms with van der Waals surface area (Å²) >= 11 is 0. The molecule has 1 unspecified atom stereocenters. The van der Waals surface area contributed by atoms with Crippen molar-refractivity contribution in [1.82, 2.24) is 14.7 Å². The van der Waals surface area contributed by atoms with Gasteiger partial charge in [-0.1, -0.05) is 13.8 Å². The predicted molar refractivity (Wildman–Crippen MR) is 77.8 cm³/mol. The second kappa shape index (κ2) is 6.60. The zero-order chi connectivity index (χ0) is 16.3. The molecule has 2 rings (SSSR count). The SMILES string of the molecule is CC1(C)CC(O)CCN(C(=O)Nc2ccn(CC(F)F)n2)C1. The number of nitrogens with zero attached hydrogens (tertiary/aromatic N) is 3. The molecule has 1 aromatic heterocycles. The lowest BCUT2D eigenvalue weighted by atomic mass is 9.87. The third-order valence-corrected chi connectivity index (χ3v) is 3.63. The molecule has 8 heteroatoms. The van der Waals surface area contributed by atoms with E-state index in [4.69, 9.17) is 0 Å². The Morgan fingerprint density at radius 3 is 3.00 bits per heavy atom. The molecule has 1 aromatic rings. The number of nitrogens with one attached hydrogen (secondary N) is 1. The van der Waals surface area contributed by atoms with Crippen molar-refractivity contribution in [3.05, 3.63) is 12.3 Å². The first kappa shape index (κ1) is 16.7. The lowest BCUT2D eigenvalue weighted by Crippen LogP contribution is -2.40. The number of carbonyl (C=O) groups is 1. The van der Waals surface area contributed by atoms with E-state index in [2.05, 4.69) is 10.4 Å². The molecule has 2 amide bonds. The molecule has 1 fully saturated rings. The molecule has 0 saturated carbocycles. The second-order valence-corrected chi connectivity index (χ2v) is 6.48. The summed E-state index contributed by atoms with van der Waals surface area (Å²) in [6.07, 6.45) is -0.344. The Labute approximate surface area is 128 Å². The summed E-state index contributed by atoms with van der Waals surface area (Å²) in [6, 6.07) is 1.16. The summed E-state index contributed by atoms with van der Waals surface area (Å²) in [4.78, 5) is 13.9. The zero-order valence-electron chi connectivity index (χ0n) is 12.8. The molecule has 2 N–H and O–H groups in total. The Bertz CT molecular complexity index is 519. The van der Waals surface area contributed by atoms with E-state index in [-0.39, 0.29) is 17.3 Å². The van der Waals surface area contributed by atoms with Gasteiger partial charge in [-0.15, -0.1) is 0 Å². The van der Waals surface area contributed by atoms with Crippen molar-refractivity contribution in [3.63, 3.8) is 0 Å². The van der Waals surface area contributed by atoms with Gasteiger partial charge in [-0.25, -0.2) is 13.6 Å². The molecule has 0 aliphatic carbocycles. The molecule has 22 heavy (non-hydrogen) atoms. The zero-order valence-corrected chi connectivity index (χ0v) is 12.8. The largest absolute Gasteiger partial charge is 0.393 e. The van der Waals surface area contributed by atoms with Gasteiger partial charge in [-0.2, -0.15) is 5.10 Å². The monoisotopic (exact) mass is 316 g/mol. The number of aliphatic hydroxyl groups excluding tert-OH is 1. The van der Waals surface area contributed by atoms with E-state index < -0.39 is 19.1 Å². The molecule has 0 aromatic carbocycles. The molecular weight excluding hydrogens is 294 g/mol. The van der Waals surface area contributed by atoms with Crippen LogP contribution in [0, 0.1) is 5.41 Å². The van der Waals surface area contributed by atoms with Gasteiger partial charge in [0.15, 0.2) is 5.82 Å². The predicted octanol–water partition coefficient (Wildman–Crippen LogP) is 2.16. The van der Waals surface area contributed by atoms with Gasteiger partial charge in [0.1, 0.15) is 6.54 Å². The molecule has 0 spiro atoms. The number of carbonyl (C=O) groups excluding carboxylic acids is 1. The first-order chi connectivity index (χ1) is 10.2. The molecular formula is C14H22F2N4O2. The number of amides is 2. The van der Waals surface area contributed by atoms with Crippen molar-refractivity contribution in [2.75, 3.05) is 18.4 Å². The van der Waals surface area contributed by atoms with Crippen molar-refractivity contribution in [1.29, 1.82) is 0 Å². The van der Waals surface area contributed by atoms with Crippen LogP contribution in [0.3, 0.4) is 0 Å². The van der Waals surface area contributed by atoms with Crippen molar-refractivity contribution in [2.45, 2.75) is 45.8 Å². The van der Waals surface area contributed by atoms with Gasteiger partial charge in [-0.05, 0) is 18.3 Å². The lowest BCUT2D eigenvalue weighted by molar-refractivity contribution is 0.121. The minimum absolute atomic E-state index is 0.178. The van der Waals surface area contributed by atoms with Crippen LogP contribution in [-0.2, 0) is 6.54 Å². The van der Waals surface area contributed by atoms with Crippen LogP contribution in [-0.4, -0.2) is 51.4 Å². The minimum atomic E-state index is -2.49. The molecule has 1 atom stereocenters. The van der Waals surface area contributed by atoms with Crippen LogP contribution < -0.4 is 5.32 Å². The van der Waals surface area contributed by atoms with Crippen LogP contribution in [0.2, 0.25) is 0 Å². The van der Waals surface area contributed by atoms with Crippen LogP contribution in [0.15, 0.2) is 12.3 Å². The van der Waals surface area contributed by atoms with E-state index in [0.717, 1.165) is 4.68 Å². The summed E-state index contributed by atoms with van der Waals surface area (Å²) in [6.45, 7) is 4.47. The van der Waals surface area contributed by atoms with E-state index in [1.165, 1.54) is 12.3 Å². The Morgan fingerprint density at radius 2 is 2.32 bits per heavy atom. The van der Waals surface area contributed by atoms with Gasteiger partial charge in [0.25, 0.3) is 6.43 Å². The second-order valence-electron chi connectivity index (χ2n) is 6.48. The average molecular weight is 316 g/mol. The number of hydrogen-bond donors (Lipinski definition) is 2. The van der Waals surface area contributed by atoms with Crippen LogP contribution in [0.1, 0.15) is 26.7 Å². The van der Waals surface area contributed by atoms with Crippen molar-refractivity contribution in [2.24, 2.45) is 5.41 Å². The number of halogens is 2. The van der Waals surface area contributed by atoms with E-state index in [1.807, 2.05) is 13.8 Å². The third kappa shape index (κ3) is 4.66. The fourth-order valence-corrected chi connectivity index (χ4v) is 2.74. The van der Waals surface area contributed by atoms with Crippen LogP contribution in [0.4, 0.5) is 19.4 Å². The minimum Gasteiger partial charge on any atom is -0.393 e. The molecule has 0 bridgehead atoms. The number of aliphatic hydroxyl groups is 1. The molecule has 0 radical (unpaired) electrons. The first-order valence-electron chi connectivity index (χ1n) is 7.31. The highest BCUT2D eigenvalue weighted by Gasteiger charge is 2.31. The fraction of sp³-hybridized carbons (Fsp3) is 0.714. The summed E-state index contributed by atoms with van der Waals surface area (Å²) in [5.41, 5.74) is -0.178. The first-order valence-corrected chi connectivity index (χ1v) is 7.31. The number of aromatic nitrogens is 2. The summed E-state index contributed by atoms with van der Waals surface area (Å²) < 4.78 is 25.6. The van der Waals surface area contributed by atoms with Crippen LogP contribution in [0.25, 0.3) is 0 Å². The number of anilines is 1. The maximum Gasteiger partial charge on any atom is 0.323 e. The van der Waals surface area contributed by atoms with Crippen LogP contribution >= 0.6 is 0 Å². The Morgan fingerprint density at radius 1 is 1.59 bits per heavy atom. The molecule has 6 nitrogen and oxygen atoms in total. The van der Waals surface area contributed by atoms with Gasteiger partial charge >= 0.3 is 6.03 Å². The van der Waals surface area contributed by atoms with Gasteiger partial charge in [0.05, 0.1) is 6.10 Å². The van der Waals surface area contributed by atoms with Crippen molar-refractivity contribution in [3.8, 4) is 0 Å². The highest BCUT2D eigenvalue weighted by atomic mass is 19.3. The van der Waals surface area contributed by atoms with E-state index in [1.54, 1.807) is 4.90 Å². The topological polar surface area (TPSA) is 70.4 Å². The molecule has 1 aliphatic heterocycles. The van der Waals surface area contributed by atoms with Crippen molar-refractivity contribution >= 4 is 11.8 Å². The number of urea groups is 1. The smallest absolute Gasteiger partial charge is 0.323 e. The average Bonchev–Trinajstić information content (AvgIpc) is 2.73. The molecule has 124 valence electrons. The van der Waals surface area contributed by atoms with Gasteiger partial charge in [-0.3, -0.25) is 10.00 Å². The number of hydrogen-bond acceptors (Lipinski definition) is 3. The normalized spacial score (nSPS) is 21.7. The maximum absolute atomic E-state index is 12.3. The van der Waals surface area contributed by atoms with E-state index >= 15 is 0 Å². The third-order valence-electron chi connectivity index (χ3n) is 3.63. The summed E-state index contributed by atoms with van der Waals surface area (Å²) in [5.74, 6) is 0.244. The Kier molecular flexibility index (Phi) is 5.00. The van der Waals surface area contributed by atoms with Crippen molar-refractivity contribution < 1.29 is 18.7 Å². The Balaban J connectivity index is 1.97. The number of likely N-dealkylation sites (tertiary alicyclic amines) is 1. The van der Waals surface area contributed by atoms with Gasteiger partial charge in [0, 0.05) is 25.4 Å². The lowest BCUT2D eigenvalue weighted by Gasteiger charge is -2.29. The molecule has 1 saturated heterocycles. The van der Waals surface area contributed by atoms with E-state index in [0.29, 0.717) is 25.9 Å².